The molecule has 0 aliphatic carbocycles. The predicted molar refractivity (Wildman–Crippen MR) is 107 cm³/mol. The van der Waals surface area contributed by atoms with Crippen LogP contribution in [-0.4, -0.2) is 54.2 Å². The van der Waals surface area contributed by atoms with Gasteiger partial charge in [0.25, 0.3) is 0 Å². The molecule has 28 heavy (non-hydrogen) atoms. The molecule has 150 valence electrons. The number of hydrogen-bond donors (Lipinski definition) is 1. The second-order valence-electron chi connectivity index (χ2n) is 7.09. The van der Waals surface area contributed by atoms with Crippen molar-refractivity contribution < 1.29 is 19.4 Å². The van der Waals surface area contributed by atoms with Crippen LogP contribution in [0.3, 0.4) is 0 Å². The highest BCUT2D eigenvalue weighted by Crippen LogP contribution is 2.27. The van der Waals surface area contributed by atoms with E-state index in [1.807, 2.05) is 12.3 Å². The molecule has 1 N–H and O–H groups in total. The molecule has 1 fully saturated rings. The molecule has 1 aromatic heterocycles. The minimum atomic E-state index is -0.0499. The lowest BCUT2D eigenvalue weighted by molar-refractivity contribution is 0.0916. The monoisotopic (exact) mass is 384 g/mol. The number of piperidine rings is 1. The molecule has 3 rings (SSSR count). The summed E-state index contributed by atoms with van der Waals surface area (Å²) >= 11 is 0. The Hall–Kier alpha value is -2.44. The molecule has 1 aliphatic rings. The summed E-state index contributed by atoms with van der Waals surface area (Å²) in [6, 6.07) is 9.27. The Morgan fingerprint density at radius 1 is 1.29 bits per heavy atom. The predicted octanol–water partition coefficient (Wildman–Crippen LogP) is 3.22. The summed E-state index contributed by atoms with van der Waals surface area (Å²) in [5, 5.41) is 9.84. The first-order valence-electron chi connectivity index (χ1n) is 9.78. The molecule has 6 nitrogen and oxygen atoms in total. The van der Waals surface area contributed by atoms with Crippen LogP contribution in [0.25, 0.3) is 0 Å². The average molecular weight is 384 g/mol. The first-order valence-corrected chi connectivity index (χ1v) is 9.78. The molecular weight excluding hydrogens is 356 g/mol. The van der Waals surface area contributed by atoms with Crippen LogP contribution in [-0.2, 0) is 17.7 Å². The van der Waals surface area contributed by atoms with E-state index in [1.54, 1.807) is 19.2 Å². The number of likely N-dealkylation sites (tertiary alicyclic amines) is 1. The summed E-state index contributed by atoms with van der Waals surface area (Å²) in [5.74, 6) is 0.383. The van der Waals surface area contributed by atoms with Gasteiger partial charge >= 0.3 is 0 Å². The van der Waals surface area contributed by atoms with Crippen molar-refractivity contribution >= 4 is 6.29 Å². The molecular formula is C22H28N2O4. The van der Waals surface area contributed by atoms with Crippen LogP contribution < -0.4 is 4.74 Å². The zero-order chi connectivity index (χ0) is 19.8. The van der Waals surface area contributed by atoms with Gasteiger partial charge < -0.3 is 14.6 Å². The summed E-state index contributed by atoms with van der Waals surface area (Å²) in [7, 11) is 1.70. The number of aromatic hydroxyl groups is 1. The first kappa shape index (κ1) is 20.3. The Bertz CT molecular complexity index is 781. The van der Waals surface area contributed by atoms with Crippen molar-refractivity contribution in [1.29, 1.82) is 0 Å². The van der Waals surface area contributed by atoms with Crippen molar-refractivity contribution in [3.05, 3.63) is 53.3 Å². The normalized spacial score (nSPS) is 17.4. The number of methoxy groups -OCH3 is 1. The summed E-state index contributed by atoms with van der Waals surface area (Å²) in [6.45, 7) is 2.97. The number of rotatable bonds is 9. The zero-order valence-corrected chi connectivity index (χ0v) is 16.3. The number of benzene rings is 1. The number of nitrogens with zero attached hydrogens (tertiary/aromatic N) is 2. The third kappa shape index (κ3) is 5.09. The van der Waals surface area contributed by atoms with Crippen molar-refractivity contribution in [3.63, 3.8) is 0 Å². The van der Waals surface area contributed by atoms with Crippen LogP contribution in [0.5, 0.6) is 11.5 Å². The van der Waals surface area contributed by atoms with E-state index in [0.717, 1.165) is 44.5 Å². The number of carbonyl (C=O) groups excluding carboxylic acids is 1. The van der Waals surface area contributed by atoms with Gasteiger partial charge in [0.05, 0.1) is 12.2 Å². The van der Waals surface area contributed by atoms with Gasteiger partial charge in [0.1, 0.15) is 18.1 Å². The Morgan fingerprint density at radius 2 is 2.18 bits per heavy atom. The van der Waals surface area contributed by atoms with E-state index in [0.29, 0.717) is 25.2 Å². The molecule has 0 radical (unpaired) electrons. The summed E-state index contributed by atoms with van der Waals surface area (Å²) in [5.41, 5.74) is 2.50. The fraction of sp³-hybridized carbons (Fsp3) is 0.455. The molecule has 0 unspecified atom stereocenters. The topological polar surface area (TPSA) is 71.9 Å². The summed E-state index contributed by atoms with van der Waals surface area (Å²) < 4.78 is 11.2. The van der Waals surface area contributed by atoms with Crippen molar-refractivity contribution in [2.45, 2.75) is 38.3 Å². The summed E-state index contributed by atoms with van der Waals surface area (Å²) in [4.78, 5) is 18.2. The molecule has 2 heterocycles. The first-order chi connectivity index (χ1) is 13.7. The molecule has 6 heteroatoms. The smallest absolute Gasteiger partial charge is 0.157 e. The van der Waals surface area contributed by atoms with Gasteiger partial charge in [-0.2, -0.15) is 0 Å². The Balaban J connectivity index is 1.68. The highest BCUT2D eigenvalue weighted by molar-refractivity contribution is 5.83. The number of aldehydes is 1. The minimum Gasteiger partial charge on any atom is -0.507 e. The molecule has 2 aromatic rings. The SMILES string of the molecule is COCCc1ncccc1CN1CCCC[C@H]1COc1cccc(O)c1C=O. The highest BCUT2D eigenvalue weighted by Gasteiger charge is 2.24. The lowest BCUT2D eigenvalue weighted by Gasteiger charge is -2.36. The molecule has 0 amide bonds. The van der Waals surface area contributed by atoms with Gasteiger partial charge in [0.2, 0.25) is 0 Å². The molecule has 1 aromatic carbocycles. The fourth-order valence-corrected chi connectivity index (χ4v) is 3.68. The van der Waals surface area contributed by atoms with E-state index in [9.17, 15) is 9.90 Å². The molecule has 0 saturated carbocycles. The van der Waals surface area contributed by atoms with Gasteiger partial charge in [-0.05, 0) is 43.1 Å². The van der Waals surface area contributed by atoms with Crippen molar-refractivity contribution in [2.75, 3.05) is 26.9 Å². The third-order valence-corrected chi connectivity index (χ3v) is 5.24. The average Bonchev–Trinajstić information content (AvgIpc) is 2.72. The van der Waals surface area contributed by atoms with E-state index in [4.69, 9.17) is 9.47 Å². The van der Waals surface area contributed by atoms with Crippen LogP contribution in [0.15, 0.2) is 36.5 Å². The standard InChI is InChI=1S/C22H28N2O4/c1-27-13-10-20-17(6-5-11-23-20)14-24-12-3-2-7-18(24)16-28-22-9-4-8-21(26)19(22)15-25/h4-6,8-9,11,15,18,26H,2-3,7,10,12-14,16H2,1H3/t18-/m0/s1. The maximum atomic E-state index is 11.3. The van der Waals surface area contributed by atoms with Crippen molar-refractivity contribution in [2.24, 2.45) is 0 Å². The largest absolute Gasteiger partial charge is 0.507 e. The van der Waals surface area contributed by atoms with E-state index in [-0.39, 0.29) is 17.4 Å². The second kappa shape index (κ2) is 10.2. The number of carbonyl (C=O) groups is 1. The molecule has 0 bridgehead atoms. The number of hydrogen-bond acceptors (Lipinski definition) is 6. The number of aromatic nitrogens is 1. The van der Waals surface area contributed by atoms with Gasteiger partial charge in [-0.15, -0.1) is 0 Å². The Morgan fingerprint density at radius 3 is 3.00 bits per heavy atom. The van der Waals surface area contributed by atoms with E-state index in [2.05, 4.69) is 16.0 Å². The maximum Gasteiger partial charge on any atom is 0.157 e. The molecule has 0 spiro atoms. The van der Waals surface area contributed by atoms with Crippen LogP contribution in [0.1, 0.15) is 40.9 Å². The summed E-state index contributed by atoms with van der Waals surface area (Å²) in [6.07, 6.45) is 6.64. The minimum absolute atomic E-state index is 0.0499. The Labute approximate surface area is 166 Å². The molecule has 1 aliphatic heterocycles. The third-order valence-electron chi connectivity index (χ3n) is 5.24. The maximum absolute atomic E-state index is 11.3. The lowest BCUT2D eigenvalue weighted by Crippen LogP contribution is -2.42. The van der Waals surface area contributed by atoms with Crippen LogP contribution in [0.4, 0.5) is 0 Å². The van der Waals surface area contributed by atoms with Crippen LogP contribution in [0, 0.1) is 0 Å². The quantitative estimate of drug-likeness (QED) is 0.670. The zero-order valence-electron chi connectivity index (χ0n) is 16.3. The van der Waals surface area contributed by atoms with Gasteiger partial charge in [-0.3, -0.25) is 14.7 Å². The highest BCUT2D eigenvalue weighted by atomic mass is 16.5. The van der Waals surface area contributed by atoms with Gasteiger partial charge in [0.15, 0.2) is 6.29 Å². The second-order valence-corrected chi connectivity index (χ2v) is 7.09. The van der Waals surface area contributed by atoms with E-state index >= 15 is 0 Å². The van der Waals surface area contributed by atoms with Gasteiger partial charge in [-0.1, -0.05) is 18.6 Å². The van der Waals surface area contributed by atoms with Crippen LogP contribution in [0.2, 0.25) is 0 Å². The van der Waals surface area contributed by atoms with Crippen molar-refractivity contribution in [1.82, 2.24) is 9.88 Å². The number of ether oxygens (including phenoxy) is 2. The van der Waals surface area contributed by atoms with Gasteiger partial charge in [0, 0.05) is 38.0 Å². The van der Waals surface area contributed by atoms with Crippen LogP contribution >= 0.6 is 0 Å². The van der Waals surface area contributed by atoms with E-state index < -0.39 is 0 Å². The lowest BCUT2D eigenvalue weighted by atomic mass is 10.0. The Kier molecular flexibility index (Phi) is 7.39. The number of phenols is 1. The molecule has 1 saturated heterocycles. The number of phenolic OH excluding ortho intramolecular Hbond substituents is 1. The van der Waals surface area contributed by atoms with Crippen molar-refractivity contribution in [3.8, 4) is 11.5 Å². The number of pyridine rings is 1. The molecule has 1 atom stereocenters. The van der Waals surface area contributed by atoms with Gasteiger partial charge in [-0.25, -0.2) is 0 Å². The van der Waals surface area contributed by atoms with E-state index in [1.165, 1.54) is 11.6 Å². The fourth-order valence-electron chi connectivity index (χ4n) is 3.68.